The molecule has 20 heavy (non-hydrogen) atoms. The van der Waals surface area contributed by atoms with E-state index in [9.17, 15) is 9.59 Å². The van der Waals surface area contributed by atoms with Gasteiger partial charge in [-0.1, -0.05) is 36.8 Å². The van der Waals surface area contributed by atoms with Gasteiger partial charge >= 0.3 is 12.0 Å². The summed E-state index contributed by atoms with van der Waals surface area (Å²) in [5.74, 6) is -0.849. The zero-order chi connectivity index (χ0) is 15.0. The van der Waals surface area contributed by atoms with Crippen molar-refractivity contribution in [1.29, 1.82) is 0 Å². The maximum atomic E-state index is 11.7. The molecule has 0 spiro atoms. The van der Waals surface area contributed by atoms with Gasteiger partial charge in [0.25, 0.3) is 0 Å². The van der Waals surface area contributed by atoms with Crippen LogP contribution in [0.25, 0.3) is 0 Å². The van der Waals surface area contributed by atoms with Gasteiger partial charge in [0.2, 0.25) is 0 Å². The fourth-order valence-electron chi connectivity index (χ4n) is 1.87. The number of carboxylic acids is 1. The van der Waals surface area contributed by atoms with Crippen molar-refractivity contribution in [2.45, 2.75) is 39.2 Å². The summed E-state index contributed by atoms with van der Waals surface area (Å²) >= 11 is 0. The van der Waals surface area contributed by atoms with E-state index in [-0.39, 0.29) is 18.5 Å². The van der Waals surface area contributed by atoms with E-state index in [1.807, 2.05) is 38.1 Å². The first-order valence-electron chi connectivity index (χ1n) is 6.85. The Labute approximate surface area is 119 Å². The Morgan fingerprint density at radius 2 is 1.90 bits per heavy atom. The normalized spacial score (nSPS) is 11.7. The number of nitrogens with one attached hydrogen (secondary N) is 2. The first kappa shape index (κ1) is 16.0. The Morgan fingerprint density at radius 1 is 1.25 bits per heavy atom. The summed E-state index contributed by atoms with van der Waals surface area (Å²) in [6.07, 6.45) is 1.30. The van der Waals surface area contributed by atoms with Gasteiger partial charge in [0.15, 0.2) is 0 Å². The van der Waals surface area contributed by atoms with Gasteiger partial charge in [-0.25, -0.2) is 4.79 Å². The van der Waals surface area contributed by atoms with Crippen LogP contribution in [0.15, 0.2) is 24.3 Å². The van der Waals surface area contributed by atoms with Gasteiger partial charge in [-0.15, -0.1) is 0 Å². The molecule has 1 atom stereocenters. The highest BCUT2D eigenvalue weighted by molar-refractivity contribution is 5.74. The monoisotopic (exact) mass is 278 g/mol. The minimum atomic E-state index is -0.849. The van der Waals surface area contributed by atoms with Crippen LogP contribution in [0.3, 0.4) is 0 Å². The number of carbonyl (C=O) groups is 2. The number of amides is 2. The topological polar surface area (TPSA) is 78.4 Å². The molecule has 0 saturated carbocycles. The second-order valence-corrected chi connectivity index (χ2v) is 4.77. The smallest absolute Gasteiger partial charge is 0.315 e. The molecule has 1 aromatic rings. The minimum Gasteiger partial charge on any atom is -0.481 e. The third-order valence-electron chi connectivity index (χ3n) is 3.05. The number of aryl methyl sites for hydroxylation is 1. The third-order valence-corrected chi connectivity index (χ3v) is 3.05. The minimum absolute atomic E-state index is 0.0323. The van der Waals surface area contributed by atoms with Crippen molar-refractivity contribution in [2.24, 2.45) is 0 Å². The van der Waals surface area contributed by atoms with E-state index in [4.69, 9.17) is 5.11 Å². The molecule has 0 heterocycles. The standard InChI is InChI=1S/C15H22N2O3/c1-3-13(12-8-6-11(2)7-9-12)17-15(20)16-10-4-5-14(18)19/h6-9,13H,3-5,10H2,1-2H3,(H,18,19)(H2,16,17,20). The quantitative estimate of drug-likeness (QED) is 0.671. The van der Waals surface area contributed by atoms with Crippen molar-refractivity contribution in [2.75, 3.05) is 6.54 Å². The van der Waals surface area contributed by atoms with Gasteiger partial charge in [0, 0.05) is 13.0 Å². The Bertz CT molecular complexity index is 443. The van der Waals surface area contributed by atoms with Crippen molar-refractivity contribution >= 4 is 12.0 Å². The number of carbonyl (C=O) groups excluding carboxylic acids is 1. The molecule has 3 N–H and O–H groups in total. The number of benzene rings is 1. The molecule has 5 heteroatoms. The lowest BCUT2D eigenvalue weighted by molar-refractivity contribution is -0.137. The predicted molar refractivity (Wildman–Crippen MR) is 77.6 cm³/mol. The lowest BCUT2D eigenvalue weighted by Gasteiger charge is -2.18. The predicted octanol–water partition coefficient (Wildman–Crippen LogP) is 2.61. The molecule has 0 radical (unpaired) electrons. The van der Waals surface area contributed by atoms with Crippen LogP contribution in [0.2, 0.25) is 0 Å². The van der Waals surface area contributed by atoms with E-state index < -0.39 is 5.97 Å². The zero-order valence-electron chi connectivity index (χ0n) is 12.0. The molecule has 0 aliphatic rings. The third kappa shape index (κ3) is 5.73. The highest BCUT2D eigenvalue weighted by Gasteiger charge is 2.12. The van der Waals surface area contributed by atoms with E-state index in [2.05, 4.69) is 10.6 Å². The Kier molecular flexibility index (Phi) is 6.56. The number of urea groups is 1. The molecule has 0 fully saturated rings. The average Bonchev–Trinajstić information content (AvgIpc) is 2.42. The van der Waals surface area contributed by atoms with Gasteiger partial charge < -0.3 is 15.7 Å². The summed E-state index contributed by atoms with van der Waals surface area (Å²) < 4.78 is 0. The molecule has 0 bridgehead atoms. The highest BCUT2D eigenvalue weighted by atomic mass is 16.4. The fraction of sp³-hybridized carbons (Fsp3) is 0.467. The number of hydrogen-bond acceptors (Lipinski definition) is 2. The van der Waals surface area contributed by atoms with E-state index >= 15 is 0 Å². The largest absolute Gasteiger partial charge is 0.481 e. The first-order valence-corrected chi connectivity index (χ1v) is 6.85. The SMILES string of the molecule is CCC(NC(=O)NCCCC(=O)O)c1ccc(C)cc1. The molecule has 0 aliphatic heterocycles. The van der Waals surface area contributed by atoms with Crippen LogP contribution in [0.1, 0.15) is 43.4 Å². The van der Waals surface area contributed by atoms with Crippen molar-refractivity contribution in [3.8, 4) is 0 Å². The number of rotatable bonds is 7. The molecule has 0 saturated heterocycles. The van der Waals surface area contributed by atoms with Gasteiger partial charge in [-0.3, -0.25) is 4.79 Å². The molecular weight excluding hydrogens is 256 g/mol. The van der Waals surface area contributed by atoms with Crippen molar-refractivity contribution in [3.05, 3.63) is 35.4 Å². The van der Waals surface area contributed by atoms with E-state index in [0.29, 0.717) is 13.0 Å². The van der Waals surface area contributed by atoms with Crippen LogP contribution in [0.5, 0.6) is 0 Å². The van der Waals surface area contributed by atoms with Gasteiger partial charge in [-0.2, -0.15) is 0 Å². The molecule has 2 amide bonds. The van der Waals surface area contributed by atoms with Crippen molar-refractivity contribution in [3.63, 3.8) is 0 Å². The Balaban J connectivity index is 2.41. The van der Waals surface area contributed by atoms with Crippen LogP contribution in [-0.2, 0) is 4.79 Å². The molecule has 1 rings (SSSR count). The molecule has 0 aromatic heterocycles. The Hall–Kier alpha value is -2.04. The number of hydrogen-bond donors (Lipinski definition) is 3. The van der Waals surface area contributed by atoms with Crippen LogP contribution in [-0.4, -0.2) is 23.7 Å². The van der Waals surface area contributed by atoms with Crippen LogP contribution in [0, 0.1) is 6.92 Å². The molecule has 5 nitrogen and oxygen atoms in total. The fourth-order valence-corrected chi connectivity index (χ4v) is 1.87. The van der Waals surface area contributed by atoms with Crippen LogP contribution >= 0.6 is 0 Å². The molecular formula is C15H22N2O3. The van der Waals surface area contributed by atoms with E-state index in [1.165, 1.54) is 5.56 Å². The summed E-state index contributed by atoms with van der Waals surface area (Å²) in [5, 5.41) is 14.1. The lowest BCUT2D eigenvalue weighted by Crippen LogP contribution is -2.38. The van der Waals surface area contributed by atoms with Crippen LogP contribution < -0.4 is 10.6 Å². The summed E-state index contributed by atoms with van der Waals surface area (Å²) in [7, 11) is 0. The summed E-state index contributed by atoms with van der Waals surface area (Å²) in [4.78, 5) is 22.1. The maximum absolute atomic E-state index is 11.7. The Morgan fingerprint density at radius 3 is 2.45 bits per heavy atom. The lowest BCUT2D eigenvalue weighted by atomic mass is 10.0. The molecule has 1 unspecified atom stereocenters. The summed E-state index contributed by atoms with van der Waals surface area (Å²) in [6.45, 7) is 4.39. The van der Waals surface area contributed by atoms with Crippen molar-refractivity contribution in [1.82, 2.24) is 10.6 Å². The zero-order valence-corrected chi connectivity index (χ0v) is 12.0. The molecule has 1 aromatic carbocycles. The second kappa shape index (κ2) is 8.19. The number of aliphatic carboxylic acids is 1. The average molecular weight is 278 g/mol. The van der Waals surface area contributed by atoms with E-state index in [1.54, 1.807) is 0 Å². The first-order chi connectivity index (χ1) is 9.52. The summed E-state index contributed by atoms with van der Waals surface area (Å²) in [5.41, 5.74) is 2.25. The second-order valence-electron chi connectivity index (χ2n) is 4.77. The highest BCUT2D eigenvalue weighted by Crippen LogP contribution is 2.16. The molecule has 0 aliphatic carbocycles. The van der Waals surface area contributed by atoms with Gasteiger partial charge in [-0.05, 0) is 25.3 Å². The maximum Gasteiger partial charge on any atom is 0.315 e. The summed E-state index contributed by atoms with van der Waals surface area (Å²) in [6, 6.07) is 7.76. The van der Waals surface area contributed by atoms with Crippen LogP contribution in [0.4, 0.5) is 4.79 Å². The number of carboxylic acid groups (broad SMARTS) is 1. The molecule has 110 valence electrons. The van der Waals surface area contributed by atoms with E-state index in [0.717, 1.165) is 12.0 Å². The van der Waals surface area contributed by atoms with Crippen molar-refractivity contribution < 1.29 is 14.7 Å². The van der Waals surface area contributed by atoms with Gasteiger partial charge in [0.1, 0.15) is 0 Å². The van der Waals surface area contributed by atoms with Gasteiger partial charge in [0.05, 0.1) is 6.04 Å².